The molecule has 2 aliphatic rings. The quantitative estimate of drug-likeness (QED) is 0.268. The molecule has 5 rings (SSSR count). The Morgan fingerprint density at radius 3 is 2.37 bits per heavy atom. The number of halogens is 2. The second-order valence-electron chi connectivity index (χ2n) is 12.7. The number of amides is 2. The molecule has 3 aromatic rings. The smallest absolute Gasteiger partial charge is 0.275 e. The summed E-state index contributed by atoms with van der Waals surface area (Å²) in [5, 5.41) is 17.4. The molecule has 11 heteroatoms. The molecule has 0 bridgehead atoms. The van der Waals surface area contributed by atoms with Gasteiger partial charge in [-0.3, -0.25) is 14.6 Å². The van der Waals surface area contributed by atoms with Crippen LogP contribution in [-0.2, 0) is 11.3 Å². The van der Waals surface area contributed by atoms with E-state index in [-0.39, 0.29) is 29.8 Å². The lowest BCUT2D eigenvalue weighted by Crippen LogP contribution is -2.51. The standard InChI is InChI=1S/C32H39Cl2N7O2/c1-5-6-7-26(20-8-10-21(11-9-20)29(42)35-19-27-37-39-40-38-27)41-30(43)28(22-16-24(33)18-25(34)17-22)36-32(41)14-12-23(13-15-32)31(2,3)4/h8-11,16-18,23,26H,5-7,12-15,19H2,1-4H3,(H,35,42)(H,37,38,39,40)/t23?,26-,32?/m1/s1. The zero-order valence-electron chi connectivity index (χ0n) is 25.2. The Morgan fingerprint density at radius 1 is 1.12 bits per heavy atom. The third-order valence-electron chi connectivity index (χ3n) is 8.83. The molecule has 1 aromatic heterocycles. The summed E-state index contributed by atoms with van der Waals surface area (Å²) in [7, 11) is 0. The number of unbranched alkanes of at least 4 members (excludes halogenated alkanes) is 1. The molecule has 0 saturated heterocycles. The minimum Gasteiger partial charge on any atom is -0.345 e. The lowest BCUT2D eigenvalue weighted by molar-refractivity contribution is -0.133. The molecule has 0 radical (unpaired) electrons. The fourth-order valence-corrected chi connectivity index (χ4v) is 6.97. The van der Waals surface area contributed by atoms with E-state index in [0.29, 0.717) is 38.6 Å². The maximum absolute atomic E-state index is 14.5. The number of nitrogens with one attached hydrogen (secondary N) is 2. The molecule has 2 aromatic carbocycles. The number of carbonyl (C=O) groups excluding carboxylic acids is 2. The van der Waals surface area contributed by atoms with Crippen molar-refractivity contribution >= 4 is 40.7 Å². The number of rotatable bonds is 9. The van der Waals surface area contributed by atoms with Gasteiger partial charge in [-0.1, -0.05) is 81.1 Å². The van der Waals surface area contributed by atoms with E-state index in [0.717, 1.165) is 50.5 Å². The van der Waals surface area contributed by atoms with Crippen LogP contribution in [0.5, 0.6) is 0 Å². The molecule has 2 N–H and O–H groups in total. The molecule has 0 unspecified atom stereocenters. The molecule has 1 atom stereocenters. The lowest BCUT2D eigenvalue weighted by atomic mass is 9.69. The van der Waals surface area contributed by atoms with E-state index in [1.54, 1.807) is 18.2 Å². The summed E-state index contributed by atoms with van der Waals surface area (Å²) in [5.41, 5.74) is 2.09. The van der Waals surface area contributed by atoms with Gasteiger partial charge in [0.15, 0.2) is 5.82 Å². The van der Waals surface area contributed by atoms with Gasteiger partial charge in [0.25, 0.3) is 11.8 Å². The number of hydrogen-bond donors (Lipinski definition) is 2. The molecule has 43 heavy (non-hydrogen) atoms. The second kappa shape index (κ2) is 12.7. The van der Waals surface area contributed by atoms with Crippen LogP contribution >= 0.6 is 23.2 Å². The number of H-pyrrole nitrogens is 1. The zero-order chi connectivity index (χ0) is 30.8. The number of carbonyl (C=O) groups is 2. The third-order valence-corrected chi connectivity index (χ3v) is 9.27. The van der Waals surface area contributed by atoms with Gasteiger partial charge in [-0.15, -0.1) is 10.2 Å². The summed E-state index contributed by atoms with van der Waals surface area (Å²) in [6.07, 6.45) is 6.28. The summed E-state index contributed by atoms with van der Waals surface area (Å²) >= 11 is 12.7. The SMILES string of the molecule is CCCC[C@H](c1ccc(C(=O)NCc2nn[nH]n2)cc1)N1C(=O)C(c2cc(Cl)cc(Cl)c2)=NC12CCC(C(C)(C)C)CC2. The molecule has 1 aliphatic carbocycles. The molecular weight excluding hydrogens is 585 g/mol. The average Bonchev–Trinajstić information content (AvgIpc) is 3.58. The van der Waals surface area contributed by atoms with Crippen molar-refractivity contribution in [1.29, 1.82) is 0 Å². The van der Waals surface area contributed by atoms with Gasteiger partial charge < -0.3 is 10.2 Å². The molecule has 1 saturated carbocycles. The van der Waals surface area contributed by atoms with Crippen LogP contribution < -0.4 is 5.32 Å². The van der Waals surface area contributed by atoms with Crippen LogP contribution in [0.2, 0.25) is 10.0 Å². The van der Waals surface area contributed by atoms with Gasteiger partial charge in [0, 0.05) is 21.2 Å². The number of benzene rings is 2. The molecule has 1 fully saturated rings. The predicted octanol–water partition coefficient (Wildman–Crippen LogP) is 6.93. The largest absolute Gasteiger partial charge is 0.345 e. The monoisotopic (exact) mass is 623 g/mol. The topological polar surface area (TPSA) is 116 Å². The Bertz CT molecular complexity index is 1450. The highest BCUT2D eigenvalue weighted by molar-refractivity contribution is 6.47. The van der Waals surface area contributed by atoms with Gasteiger partial charge >= 0.3 is 0 Å². The number of aliphatic imine (C=N–C) groups is 1. The van der Waals surface area contributed by atoms with E-state index in [9.17, 15) is 9.59 Å². The number of hydrogen-bond acceptors (Lipinski definition) is 6. The first-order valence-electron chi connectivity index (χ1n) is 15.0. The van der Waals surface area contributed by atoms with Crippen molar-refractivity contribution in [3.05, 3.63) is 75.0 Å². The molecule has 1 spiro atoms. The number of nitrogens with zero attached hydrogens (tertiary/aromatic N) is 5. The van der Waals surface area contributed by atoms with Crippen molar-refractivity contribution in [3.8, 4) is 0 Å². The normalized spacial score (nSPS) is 21.3. The maximum Gasteiger partial charge on any atom is 0.275 e. The molecule has 1 aliphatic heterocycles. The fourth-order valence-electron chi connectivity index (χ4n) is 6.44. The molecule has 228 valence electrons. The third kappa shape index (κ3) is 6.78. The van der Waals surface area contributed by atoms with E-state index in [4.69, 9.17) is 28.2 Å². The highest BCUT2D eigenvalue weighted by Crippen LogP contribution is 2.50. The summed E-state index contributed by atoms with van der Waals surface area (Å²) in [6, 6.07) is 12.5. The van der Waals surface area contributed by atoms with Crippen LogP contribution in [-0.4, -0.2) is 48.7 Å². The minimum absolute atomic E-state index is 0.101. The van der Waals surface area contributed by atoms with Gasteiger partial charge in [-0.25, -0.2) is 0 Å². The summed E-state index contributed by atoms with van der Waals surface area (Å²) in [6.45, 7) is 9.20. The van der Waals surface area contributed by atoms with Crippen LogP contribution in [0.15, 0.2) is 47.5 Å². The molecule has 2 heterocycles. The van der Waals surface area contributed by atoms with Crippen LogP contribution in [0.4, 0.5) is 0 Å². The minimum atomic E-state index is -0.651. The molecule has 9 nitrogen and oxygen atoms in total. The number of tetrazole rings is 1. The van der Waals surface area contributed by atoms with Crippen molar-refractivity contribution in [2.45, 2.75) is 90.9 Å². The van der Waals surface area contributed by atoms with Crippen LogP contribution in [0, 0.1) is 11.3 Å². The van der Waals surface area contributed by atoms with Crippen molar-refractivity contribution in [3.63, 3.8) is 0 Å². The lowest BCUT2D eigenvalue weighted by Gasteiger charge is -2.47. The fraction of sp³-hybridized carbons (Fsp3) is 0.500. The van der Waals surface area contributed by atoms with Gasteiger partial charge in [-0.05, 0) is 79.3 Å². The van der Waals surface area contributed by atoms with Crippen LogP contribution in [0.25, 0.3) is 0 Å². The van der Waals surface area contributed by atoms with Crippen molar-refractivity contribution in [2.24, 2.45) is 16.3 Å². The Hall–Kier alpha value is -3.30. The van der Waals surface area contributed by atoms with E-state index in [1.165, 1.54) is 0 Å². The first kappa shape index (κ1) is 31.1. The zero-order valence-corrected chi connectivity index (χ0v) is 26.7. The van der Waals surface area contributed by atoms with Gasteiger partial charge in [0.1, 0.15) is 11.4 Å². The van der Waals surface area contributed by atoms with Crippen LogP contribution in [0.3, 0.4) is 0 Å². The number of aromatic nitrogens is 4. The highest BCUT2D eigenvalue weighted by Gasteiger charge is 2.52. The highest BCUT2D eigenvalue weighted by atomic mass is 35.5. The van der Waals surface area contributed by atoms with Crippen molar-refractivity contribution < 1.29 is 9.59 Å². The first-order valence-corrected chi connectivity index (χ1v) is 15.8. The maximum atomic E-state index is 14.5. The Balaban J connectivity index is 1.48. The summed E-state index contributed by atoms with van der Waals surface area (Å²) < 4.78 is 0. The van der Waals surface area contributed by atoms with E-state index in [2.05, 4.69) is 53.6 Å². The van der Waals surface area contributed by atoms with Crippen molar-refractivity contribution in [2.75, 3.05) is 0 Å². The summed E-state index contributed by atoms with van der Waals surface area (Å²) in [4.78, 5) is 34.6. The van der Waals surface area contributed by atoms with Gasteiger partial charge in [0.05, 0.1) is 12.6 Å². The Labute approximate surface area is 262 Å². The van der Waals surface area contributed by atoms with Crippen molar-refractivity contribution in [1.82, 2.24) is 30.8 Å². The van der Waals surface area contributed by atoms with E-state index in [1.807, 2.05) is 29.2 Å². The second-order valence-corrected chi connectivity index (χ2v) is 13.6. The first-order chi connectivity index (χ1) is 20.5. The predicted molar refractivity (Wildman–Crippen MR) is 168 cm³/mol. The Kier molecular flexibility index (Phi) is 9.23. The van der Waals surface area contributed by atoms with E-state index < -0.39 is 5.66 Å². The van der Waals surface area contributed by atoms with Gasteiger partial charge in [-0.2, -0.15) is 5.21 Å². The summed E-state index contributed by atoms with van der Waals surface area (Å²) in [5.74, 6) is 0.615. The van der Waals surface area contributed by atoms with E-state index >= 15 is 0 Å². The average molecular weight is 625 g/mol. The van der Waals surface area contributed by atoms with Crippen LogP contribution in [0.1, 0.15) is 106 Å². The molecular formula is C32H39Cl2N7O2. The Morgan fingerprint density at radius 2 is 1.79 bits per heavy atom. The van der Waals surface area contributed by atoms with Gasteiger partial charge in [0.2, 0.25) is 0 Å². The molecule has 2 amide bonds. The number of aromatic amines is 1.